The summed E-state index contributed by atoms with van der Waals surface area (Å²) in [7, 11) is -3.51. The Morgan fingerprint density at radius 3 is 2.81 bits per heavy atom. The number of hydrogen-bond donors (Lipinski definition) is 1. The van der Waals surface area contributed by atoms with Crippen LogP contribution in [-0.4, -0.2) is 39.0 Å². The molecule has 0 unspecified atom stereocenters. The average molecular weight is 306 g/mol. The minimum atomic E-state index is -3.51. The first-order valence-electron chi connectivity index (χ1n) is 6.95. The van der Waals surface area contributed by atoms with Gasteiger partial charge in [-0.2, -0.15) is 4.31 Å². The number of rotatable bonds is 2. The van der Waals surface area contributed by atoms with E-state index < -0.39 is 10.0 Å². The molecule has 3 rings (SSSR count). The highest BCUT2D eigenvalue weighted by molar-refractivity contribution is 7.89. The predicted octanol–water partition coefficient (Wildman–Crippen LogP) is 1.83. The minimum absolute atomic E-state index is 0.335. The van der Waals surface area contributed by atoms with Crippen LogP contribution in [0, 0.1) is 0 Å². The van der Waals surface area contributed by atoms with Crippen molar-refractivity contribution >= 4 is 26.5 Å². The summed E-state index contributed by atoms with van der Waals surface area (Å²) in [5, 5.41) is 1.54. The van der Waals surface area contributed by atoms with Gasteiger partial charge in [0.2, 0.25) is 10.0 Å². The Kier molecular flexibility index (Phi) is 3.84. The fraction of sp³-hybridized carbons (Fsp3) is 0.333. The molecule has 0 bridgehead atoms. The Morgan fingerprint density at radius 1 is 1.10 bits per heavy atom. The van der Waals surface area contributed by atoms with Gasteiger partial charge < -0.3 is 10.5 Å². The van der Waals surface area contributed by atoms with Gasteiger partial charge in [-0.1, -0.05) is 18.2 Å². The molecule has 0 amide bonds. The molecule has 1 aliphatic heterocycles. The number of nitrogen functional groups attached to an aromatic ring is 1. The number of nitrogens with two attached hydrogens (primary N) is 1. The van der Waals surface area contributed by atoms with Crippen molar-refractivity contribution in [3.05, 3.63) is 36.4 Å². The lowest BCUT2D eigenvalue weighted by Gasteiger charge is -2.20. The zero-order valence-electron chi connectivity index (χ0n) is 11.7. The molecule has 0 saturated carbocycles. The SMILES string of the molecule is Nc1ccc2c(S(=O)(=O)N3CCCOCC3)cccc2c1. The summed E-state index contributed by atoms with van der Waals surface area (Å²) in [5.74, 6) is 0. The fourth-order valence-electron chi connectivity index (χ4n) is 2.60. The third-order valence-corrected chi connectivity index (χ3v) is 5.62. The molecule has 1 saturated heterocycles. The molecule has 2 aromatic carbocycles. The molecule has 0 aliphatic carbocycles. The monoisotopic (exact) mass is 306 g/mol. The van der Waals surface area contributed by atoms with Crippen molar-refractivity contribution in [1.82, 2.24) is 4.31 Å². The molecule has 0 radical (unpaired) electrons. The number of hydrogen-bond acceptors (Lipinski definition) is 4. The second-order valence-electron chi connectivity index (χ2n) is 5.11. The van der Waals surface area contributed by atoms with E-state index in [1.807, 2.05) is 6.07 Å². The number of anilines is 1. The Hall–Kier alpha value is -1.63. The summed E-state index contributed by atoms with van der Waals surface area (Å²) in [5.41, 5.74) is 6.40. The number of sulfonamides is 1. The molecule has 112 valence electrons. The van der Waals surface area contributed by atoms with Gasteiger partial charge in [-0.3, -0.25) is 0 Å². The van der Waals surface area contributed by atoms with Crippen LogP contribution in [-0.2, 0) is 14.8 Å². The summed E-state index contributed by atoms with van der Waals surface area (Å²) < 4.78 is 32.6. The van der Waals surface area contributed by atoms with Crippen LogP contribution in [0.1, 0.15) is 6.42 Å². The van der Waals surface area contributed by atoms with E-state index in [1.165, 1.54) is 4.31 Å². The molecule has 2 aromatic rings. The first kappa shape index (κ1) is 14.3. The van der Waals surface area contributed by atoms with Gasteiger partial charge >= 0.3 is 0 Å². The topological polar surface area (TPSA) is 72.6 Å². The molecule has 21 heavy (non-hydrogen) atoms. The molecule has 1 aliphatic rings. The van der Waals surface area contributed by atoms with Crippen molar-refractivity contribution in [1.29, 1.82) is 0 Å². The van der Waals surface area contributed by atoms with Crippen LogP contribution in [0.2, 0.25) is 0 Å². The highest BCUT2D eigenvalue weighted by atomic mass is 32.2. The van der Waals surface area contributed by atoms with Crippen molar-refractivity contribution in [2.75, 3.05) is 32.0 Å². The predicted molar refractivity (Wildman–Crippen MR) is 82.6 cm³/mol. The van der Waals surface area contributed by atoms with Crippen LogP contribution in [0.4, 0.5) is 5.69 Å². The average Bonchev–Trinajstić information content (AvgIpc) is 2.75. The first-order valence-corrected chi connectivity index (χ1v) is 8.39. The largest absolute Gasteiger partial charge is 0.399 e. The number of fused-ring (bicyclic) bond motifs is 1. The normalized spacial score (nSPS) is 17.7. The highest BCUT2D eigenvalue weighted by Gasteiger charge is 2.26. The maximum atomic E-state index is 12.9. The van der Waals surface area contributed by atoms with Gasteiger partial charge in [0.15, 0.2) is 0 Å². The van der Waals surface area contributed by atoms with E-state index in [2.05, 4.69) is 0 Å². The van der Waals surface area contributed by atoms with Crippen molar-refractivity contribution in [2.24, 2.45) is 0 Å². The molecular weight excluding hydrogens is 288 g/mol. The molecule has 5 nitrogen and oxygen atoms in total. The molecular formula is C15H18N2O3S. The summed E-state index contributed by atoms with van der Waals surface area (Å²) in [6, 6.07) is 10.6. The van der Waals surface area contributed by atoms with Crippen molar-refractivity contribution in [3.8, 4) is 0 Å². The number of nitrogens with zero attached hydrogens (tertiary/aromatic N) is 1. The standard InChI is InChI=1S/C15H18N2O3S/c16-13-5-6-14-12(11-13)3-1-4-15(14)21(18,19)17-7-2-9-20-10-8-17/h1,3-6,11H,2,7-10,16H2. The smallest absolute Gasteiger partial charge is 0.243 e. The lowest BCUT2D eigenvalue weighted by Crippen LogP contribution is -2.33. The zero-order chi connectivity index (χ0) is 14.9. The second-order valence-corrected chi connectivity index (χ2v) is 7.01. The van der Waals surface area contributed by atoms with Gasteiger partial charge in [0.25, 0.3) is 0 Å². The lowest BCUT2D eigenvalue weighted by molar-refractivity contribution is 0.148. The van der Waals surface area contributed by atoms with E-state index in [1.54, 1.807) is 30.3 Å². The van der Waals surface area contributed by atoms with Crippen LogP contribution in [0.25, 0.3) is 10.8 Å². The van der Waals surface area contributed by atoms with Crippen LogP contribution in [0.15, 0.2) is 41.3 Å². The fourth-order valence-corrected chi connectivity index (χ4v) is 4.28. The van der Waals surface area contributed by atoms with E-state index >= 15 is 0 Å². The molecule has 0 atom stereocenters. The third kappa shape index (κ3) is 2.74. The van der Waals surface area contributed by atoms with E-state index in [4.69, 9.17) is 10.5 Å². The highest BCUT2D eigenvalue weighted by Crippen LogP contribution is 2.27. The minimum Gasteiger partial charge on any atom is -0.399 e. The van der Waals surface area contributed by atoms with Gasteiger partial charge in [0.1, 0.15) is 0 Å². The quantitative estimate of drug-likeness (QED) is 0.859. The molecule has 6 heteroatoms. The molecule has 2 N–H and O–H groups in total. The van der Waals surface area contributed by atoms with Gasteiger partial charge in [0.05, 0.1) is 11.5 Å². The van der Waals surface area contributed by atoms with Crippen LogP contribution >= 0.6 is 0 Å². The maximum Gasteiger partial charge on any atom is 0.243 e. The van der Waals surface area contributed by atoms with Crippen LogP contribution in [0.5, 0.6) is 0 Å². The Bertz CT molecular complexity index is 751. The van der Waals surface area contributed by atoms with E-state index in [0.717, 1.165) is 11.8 Å². The Morgan fingerprint density at radius 2 is 1.95 bits per heavy atom. The summed E-state index contributed by atoms with van der Waals surface area (Å²) >= 11 is 0. The Balaban J connectivity index is 2.10. The van der Waals surface area contributed by atoms with Crippen LogP contribution < -0.4 is 5.73 Å². The van der Waals surface area contributed by atoms with Crippen molar-refractivity contribution in [3.63, 3.8) is 0 Å². The molecule has 0 spiro atoms. The summed E-state index contributed by atoms with van der Waals surface area (Å²) in [4.78, 5) is 0.335. The van der Waals surface area contributed by atoms with Crippen molar-refractivity contribution in [2.45, 2.75) is 11.3 Å². The van der Waals surface area contributed by atoms with Gasteiger partial charge in [0, 0.05) is 30.8 Å². The van der Waals surface area contributed by atoms with Crippen LogP contribution in [0.3, 0.4) is 0 Å². The molecule has 0 aromatic heterocycles. The molecule has 1 heterocycles. The zero-order valence-corrected chi connectivity index (χ0v) is 12.5. The Labute approximate surface area is 124 Å². The summed E-state index contributed by atoms with van der Waals surface area (Å²) in [6.07, 6.45) is 0.719. The van der Waals surface area contributed by atoms with Gasteiger partial charge in [-0.25, -0.2) is 8.42 Å². The number of ether oxygens (including phenoxy) is 1. The number of benzene rings is 2. The lowest BCUT2D eigenvalue weighted by atomic mass is 10.1. The van der Waals surface area contributed by atoms with E-state index in [-0.39, 0.29) is 0 Å². The maximum absolute atomic E-state index is 12.9. The summed E-state index contributed by atoms with van der Waals surface area (Å²) in [6.45, 7) is 1.94. The van der Waals surface area contributed by atoms with E-state index in [0.29, 0.717) is 42.3 Å². The second kappa shape index (κ2) is 5.63. The molecule has 1 fully saturated rings. The van der Waals surface area contributed by atoms with Gasteiger partial charge in [-0.05, 0) is 30.0 Å². The third-order valence-electron chi connectivity index (χ3n) is 3.66. The first-order chi connectivity index (χ1) is 10.1. The van der Waals surface area contributed by atoms with E-state index in [9.17, 15) is 8.42 Å². The van der Waals surface area contributed by atoms with Gasteiger partial charge in [-0.15, -0.1) is 0 Å². The van der Waals surface area contributed by atoms with Crippen molar-refractivity contribution < 1.29 is 13.2 Å².